The predicted octanol–water partition coefficient (Wildman–Crippen LogP) is 1.43. The molecule has 1 amide bonds. The molecule has 0 saturated heterocycles. The standard InChI is InChI=1S/C9H6NO2/c11-9-10-8(6-12-9)7-4-2-1-3-5-7/h2-5H,6H2. The highest BCUT2D eigenvalue weighted by Gasteiger charge is 2.15. The lowest BCUT2D eigenvalue weighted by Crippen LogP contribution is -2.01. The third kappa shape index (κ3) is 1.21. The smallest absolute Gasteiger partial charge is 0.434 e. The lowest BCUT2D eigenvalue weighted by Gasteiger charge is -1.95. The Hall–Kier alpha value is -1.64. The minimum atomic E-state index is -0.502. The topological polar surface area (TPSA) is 38.7 Å². The lowest BCUT2D eigenvalue weighted by molar-refractivity contribution is 0.181. The van der Waals surface area contributed by atoms with E-state index in [4.69, 9.17) is 0 Å². The van der Waals surface area contributed by atoms with Crippen molar-refractivity contribution in [3.63, 3.8) is 0 Å². The van der Waals surface area contributed by atoms with Crippen LogP contribution in [0.1, 0.15) is 5.56 Å². The number of rotatable bonds is 1. The average molecular weight is 160 g/mol. The number of ether oxygens (including phenoxy) is 1. The van der Waals surface area contributed by atoms with Gasteiger partial charge < -0.3 is 4.74 Å². The Kier molecular flexibility index (Phi) is 1.63. The van der Waals surface area contributed by atoms with Crippen LogP contribution >= 0.6 is 0 Å². The van der Waals surface area contributed by atoms with Gasteiger partial charge in [-0.3, -0.25) is 0 Å². The molecule has 0 spiro atoms. The van der Waals surface area contributed by atoms with Gasteiger partial charge in [-0.15, -0.1) is 0 Å². The normalized spacial score (nSPS) is 15.7. The van der Waals surface area contributed by atoms with Gasteiger partial charge in [0.1, 0.15) is 6.61 Å². The summed E-state index contributed by atoms with van der Waals surface area (Å²) in [5.74, 6) is 0. The van der Waals surface area contributed by atoms with Crippen LogP contribution in [-0.4, -0.2) is 18.4 Å². The largest absolute Gasteiger partial charge is 0.441 e. The average Bonchev–Trinajstić information content (AvgIpc) is 2.54. The lowest BCUT2D eigenvalue weighted by atomic mass is 10.1. The minimum Gasteiger partial charge on any atom is -0.441 e. The van der Waals surface area contributed by atoms with E-state index in [1.54, 1.807) is 12.1 Å². The Morgan fingerprint density at radius 1 is 1.42 bits per heavy atom. The van der Waals surface area contributed by atoms with Crippen molar-refractivity contribution in [1.82, 2.24) is 0 Å². The number of amides is 1. The van der Waals surface area contributed by atoms with Crippen LogP contribution in [0.3, 0.4) is 0 Å². The quantitative estimate of drug-likeness (QED) is 0.623. The Bertz CT molecular complexity index is 330. The Morgan fingerprint density at radius 2 is 2.17 bits per heavy atom. The first-order chi connectivity index (χ1) is 5.86. The van der Waals surface area contributed by atoms with Gasteiger partial charge in [-0.1, -0.05) is 24.3 Å². The molecule has 1 aromatic carbocycles. The molecule has 0 saturated carbocycles. The molecule has 2 rings (SSSR count). The maximum absolute atomic E-state index is 10.6. The first-order valence-electron chi connectivity index (χ1n) is 3.57. The fourth-order valence-electron chi connectivity index (χ4n) is 1.03. The van der Waals surface area contributed by atoms with E-state index in [-0.39, 0.29) is 6.61 Å². The van der Waals surface area contributed by atoms with E-state index in [2.05, 4.69) is 15.8 Å². The first-order valence-corrected chi connectivity index (χ1v) is 3.57. The van der Waals surface area contributed by atoms with Crippen LogP contribution in [0.15, 0.2) is 29.3 Å². The summed E-state index contributed by atoms with van der Waals surface area (Å²) in [5, 5.41) is 0. The molecule has 0 aromatic heterocycles. The van der Waals surface area contributed by atoms with Crippen molar-refractivity contribution in [2.75, 3.05) is 6.61 Å². The predicted molar refractivity (Wildman–Crippen MR) is 43.2 cm³/mol. The maximum Gasteiger partial charge on any atom is 0.434 e. The molecule has 0 N–H and O–H groups in total. The number of hydrogen-bond acceptors (Lipinski definition) is 2. The van der Waals surface area contributed by atoms with Crippen LogP contribution in [0.25, 0.3) is 0 Å². The summed E-state index contributed by atoms with van der Waals surface area (Å²) in [6.45, 7) is 0.281. The van der Waals surface area contributed by atoms with Gasteiger partial charge >= 0.3 is 6.09 Å². The number of carbonyl (C=O) groups excluding carboxylic acids is 1. The molecule has 1 radical (unpaired) electrons. The molecule has 3 nitrogen and oxygen atoms in total. The van der Waals surface area contributed by atoms with Gasteiger partial charge in [-0.05, 0) is 11.6 Å². The van der Waals surface area contributed by atoms with Gasteiger partial charge in [0.05, 0.1) is 5.71 Å². The van der Waals surface area contributed by atoms with Crippen LogP contribution in [-0.2, 0) is 4.74 Å². The highest BCUT2D eigenvalue weighted by atomic mass is 16.6. The molecule has 59 valence electrons. The summed E-state index contributed by atoms with van der Waals surface area (Å²) in [6, 6.07) is 10.1. The van der Waals surface area contributed by atoms with Crippen molar-refractivity contribution < 1.29 is 9.53 Å². The molecule has 1 aromatic rings. The van der Waals surface area contributed by atoms with Crippen molar-refractivity contribution in [2.45, 2.75) is 0 Å². The molecule has 0 fully saturated rings. The number of cyclic esters (lactones) is 1. The zero-order valence-electron chi connectivity index (χ0n) is 6.28. The molecule has 1 aliphatic heterocycles. The second-order valence-electron chi connectivity index (χ2n) is 2.40. The number of carbonyl (C=O) groups is 1. The monoisotopic (exact) mass is 160 g/mol. The van der Waals surface area contributed by atoms with Crippen molar-refractivity contribution in [3.8, 4) is 0 Å². The molecule has 0 atom stereocenters. The van der Waals surface area contributed by atoms with Gasteiger partial charge in [0, 0.05) is 0 Å². The Morgan fingerprint density at radius 3 is 2.75 bits per heavy atom. The van der Waals surface area contributed by atoms with Gasteiger partial charge in [0.15, 0.2) is 0 Å². The third-order valence-corrected chi connectivity index (χ3v) is 1.61. The fraction of sp³-hybridized carbons (Fsp3) is 0.111. The van der Waals surface area contributed by atoms with Crippen molar-refractivity contribution in [1.29, 1.82) is 0 Å². The second-order valence-corrected chi connectivity index (χ2v) is 2.40. The molecule has 12 heavy (non-hydrogen) atoms. The van der Waals surface area contributed by atoms with Crippen molar-refractivity contribution in [3.05, 3.63) is 35.9 Å². The summed E-state index contributed by atoms with van der Waals surface area (Å²) in [5.41, 5.74) is 1.61. The van der Waals surface area contributed by atoms with Gasteiger partial charge in [0.25, 0.3) is 0 Å². The van der Waals surface area contributed by atoms with Crippen LogP contribution < -0.4 is 0 Å². The minimum absolute atomic E-state index is 0.281. The molecule has 3 heteroatoms. The Labute approximate surface area is 69.7 Å². The number of hydrogen-bond donors (Lipinski definition) is 0. The van der Waals surface area contributed by atoms with E-state index in [9.17, 15) is 4.79 Å². The molecule has 1 aliphatic rings. The van der Waals surface area contributed by atoms with E-state index in [1.165, 1.54) is 0 Å². The summed E-state index contributed by atoms with van der Waals surface area (Å²) < 4.78 is 4.67. The highest BCUT2D eigenvalue weighted by molar-refractivity contribution is 6.09. The number of benzene rings is 1. The van der Waals surface area contributed by atoms with Gasteiger partial charge in [0.2, 0.25) is 0 Å². The molecule has 0 aliphatic carbocycles. The van der Waals surface area contributed by atoms with E-state index < -0.39 is 6.09 Å². The number of nitrogens with zero attached hydrogens (tertiary/aromatic N) is 1. The molecule has 1 heterocycles. The SMILES string of the molecule is O=C1N=C(c2cc[c]cc2)CO1. The van der Waals surface area contributed by atoms with Gasteiger partial charge in [-0.25, -0.2) is 4.79 Å². The van der Waals surface area contributed by atoms with Crippen LogP contribution in [0.5, 0.6) is 0 Å². The van der Waals surface area contributed by atoms with E-state index >= 15 is 0 Å². The second kappa shape index (κ2) is 2.77. The summed E-state index contributed by atoms with van der Waals surface area (Å²) >= 11 is 0. The molecular weight excluding hydrogens is 154 g/mol. The molecule has 0 bridgehead atoms. The number of aliphatic imine (C=N–C) groups is 1. The van der Waals surface area contributed by atoms with Crippen LogP contribution in [0, 0.1) is 6.07 Å². The maximum atomic E-state index is 10.6. The highest BCUT2D eigenvalue weighted by Crippen LogP contribution is 2.07. The summed E-state index contributed by atoms with van der Waals surface area (Å²) in [4.78, 5) is 14.3. The van der Waals surface area contributed by atoms with Crippen LogP contribution in [0.4, 0.5) is 4.79 Å². The van der Waals surface area contributed by atoms with Crippen molar-refractivity contribution in [2.24, 2.45) is 4.99 Å². The summed E-state index contributed by atoms with van der Waals surface area (Å²) in [7, 11) is 0. The third-order valence-electron chi connectivity index (χ3n) is 1.61. The van der Waals surface area contributed by atoms with Crippen LogP contribution in [0.2, 0.25) is 0 Å². The van der Waals surface area contributed by atoms with E-state index in [0.717, 1.165) is 5.56 Å². The van der Waals surface area contributed by atoms with E-state index in [1.807, 2.05) is 12.1 Å². The Balaban J connectivity index is 2.33. The van der Waals surface area contributed by atoms with Gasteiger partial charge in [-0.2, -0.15) is 4.99 Å². The fourth-order valence-corrected chi connectivity index (χ4v) is 1.03. The first kappa shape index (κ1) is 7.03. The van der Waals surface area contributed by atoms with E-state index in [0.29, 0.717) is 5.71 Å². The summed E-state index contributed by atoms with van der Waals surface area (Å²) in [6.07, 6.45) is -0.502. The van der Waals surface area contributed by atoms with Crippen molar-refractivity contribution >= 4 is 11.8 Å². The zero-order valence-corrected chi connectivity index (χ0v) is 6.28. The molecular formula is C9H6NO2. The zero-order chi connectivity index (χ0) is 8.39. The molecule has 0 unspecified atom stereocenters.